The SMILES string of the molecule is CC1CCCC(N(C)CCC(=O)NN)C1. The van der Waals surface area contributed by atoms with Crippen LogP contribution in [0, 0.1) is 5.92 Å². The summed E-state index contributed by atoms with van der Waals surface area (Å²) in [5.41, 5.74) is 2.17. The Balaban J connectivity index is 2.26. The van der Waals surface area contributed by atoms with Crippen molar-refractivity contribution in [2.45, 2.75) is 45.1 Å². The molecule has 1 saturated carbocycles. The van der Waals surface area contributed by atoms with Gasteiger partial charge in [0.05, 0.1) is 0 Å². The number of hydrazine groups is 1. The van der Waals surface area contributed by atoms with Crippen LogP contribution in [0.25, 0.3) is 0 Å². The minimum atomic E-state index is -0.0780. The number of nitrogens with zero attached hydrogens (tertiary/aromatic N) is 1. The average molecular weight is 213 g/mol. The van der Waals surface area contributed by atoms with Crippen LogP contribution in [0.4, 0.5) is 0 Å². The highest BCUT2D eigenvalue weighted by molar-refractivity contribution is 5.75. The van der Waals surface area contributed by atoms with E-state index in [1.807, 2.05) is 0 Å². The average Bonchev–Trinajstić information content (AvgIpc) is 2.25. The normalized spacial score (nSPS) is 26.7. The second kappa shape index (κ2) is 6.08. The predicted octanol–water partition coefficient (Wildman–Crippen LogP) is 0.877. The molecule has 2 atom stereocenters. The van der Waals surface area contributed by atoms with Crippen molar-refractivity contribution in [3.05, 3.63) is 0 Å². The summed E-state index contributed by atoms with van der Waals surface area (Å²) in [4.78, 5) is 13.3. The molecule has 0 aromatic heterocycles. The van der Waals surface area contributed by atoms with E-state index in [1.54, 1.807) is 0 Å². The highest BCUT2D eigenvalue weighted by atomic mass is 16.2. The first kappa shape index (κ1) is 12.5. The lowest BCUT2D eigenvalue weighted by Crippen LogP contribution is -2.39. The lowest BCUT2D eigenvalue weighted by Gasteiger charge is -2.34. The molecule has 4 heteroatoms. The summed E-state index contributed by atoms with van der Waals surface area (Å²) in [5, 5.41) is 0. The van der Waals surface area contributed by atoms with Gasteiger partial charge in [0.1, 0.15) is 0 Å². The van der Waals surface area contributed by atoms with E-state index in [1.165, 1.54) is 25.7 Å². The van der Waals surface area contributed by atoms with E-state index in [0.717, 1.165) is 12.5 Å². The highest BCUT2D eigenvalue weighted by Crippen LogP contribution is 2.26. The zero-order chi connectivity index (χ0) is 11.3. The molecule has 1 aliphatic carbocycles. The molecule has 0 saturated heterocycles. The van der Waals surface area contributed by atoms with Crippen LogP contribution in [0.15, 0.2) is 0 Å². The van der Waals surface area contributed by atoms with Gasteiger partial charge in [-0.2, -0.15) is 0 Å². The summed E-state index contributed by atoms with van der Waals surface area (Å²) in [7, 11) is 2.10. The molecule has 2 unspecified atom stereocenters. The van der Waals surface area contributed by atoms with Gasteiger partial charge < -0.3 is 4.90 Å². The number of carbonyl (C=O) groups excluding carboxylic acids is 1. The number of nitrogens with two attached hydrogens (primary N) is 1. The van der Waals surface area contributed by atoms with Gasteiger partial charge in [-0.05, 0) is 25.8 Å². The largest absolute Gasteiger partial charge is 0.303 e. The zero-order valence-electron chi connectivity index (χ0n) is 9.83. The standard InChI is InChI=1S/C11H23N3O/c1-9-4-3-5-10(8-9)14(2)7-6-11(15)13-12/h9-10H,3-8,12H2,1-2H3,(H,13,15). The zero-order valence-corrected chi connectivity index (χ0v) is 9.83. The van der Waals surface area contributed by atoms with Gasteiger partial charge in [0, 0.05) is 19.0 Å². The molecule has 88 valence electrons. The van der Waals surface area contributed by atoms with Crippen LogP contribution < -0.4 is 11.3 Å². The third-order valence-electron chi connectivity index (χ3n) is 3.38. The lowest BCUT2D eigenvalue weighted by molar-refractivity contribution is -0.121. The topological polar surface area (TPSA) is 58.4 Å². The quantitative estimate of drug-likeness (QED) is 0.414. The molecule has 0 aliphatic heterocycles. The summed E-state index contributed by atoms with van der Waals surface area (Å²) in [5.74, 6) is 5.79. The molecular weight excluding hydrogens is 190 g/mol. The second-order valence-corrected chi connectivity index (χ2v) is 4.72. The monoisotopic (exact) mass is 213 g/mol. The Morgan fingerprint density at radius 2 is 2.27 bits per heavy atom. The maximum Gasteiger partial charge on any atom is 0.235 e. The van der Waals surface area contributed by atoms with E-state index in [2.05, 4.69) is 24.3 Å². The molecule has 1 fully saturated rings. The third kappa shape index (κ3) is 4.18. The molecule has 0 radical (unpaired) electrons. The minimum Gasteiger partial charge on any atom is -0.303 e. The van der Waals surface area contributed by atoms with E-state index in [0.29, 0.717) is 12.5 Å². The highest BCUT2D eigenvalue weighted by Gasteiger charge is 2.22. The molecule has 1 amide bonds. The van der Waals surface area contributed by atoms with Crippen molar-refractivity contribution in [2.24, 2.45) is 11.8 Å². The summed E-state index contributed by atoms with van der Waals surface area (Å²) >= 11 is 0. The third-order valence-corrected chi connectivity index (χ3v) is 3.38. The Hall–Kier alpha value is -0.610. The smallest absolute Gasteiger partial charge is 0.235 e. The molecule has 0 bridgehead atoms. The lowest BCUT2D eigenvalue weighted by atomic mass is 9.86. The van der Waals surface area contributed by atoms with Gasteiger partial charge in [-0.1, -0.05) is 19.8 Å². The van der Waals surface area contributed by atoms with Gasteiger partial charge in [-0.25, -0.2) is 5.84 Å². The molecule has 3 N–H and O–H groups in total. The van der Waals surface area contributed by atoms with E-state index in [4.69, 9.17) is 5.84 Å². The van der Waals surface area contributed by atoms with Crippen LogP contribution in [0.5, 0.6) is 0 Å². The van der Waals surface area contributed by atoms with E-state index in [9.17, 15) is 4.79 Å². The van der Waals surface area contributed by atoms with Crippen molar-refractivity contribution < 1.29 is 4.79 Å². The fraction of sp³-hybridized carbons (Fsp3) is 0.909. The Bertz CT molecular complexity index is 208. The molecular formula is C11H23N3O. The number of nitrogens with one attached hydrogen (secondary N) is 1. The molecule has 1 aliphatic rings. The molecule has 15 heavy (non-hydrogen) atoms. The predicted molar refractivity (Wildman–Crippen MR) is 61.0 cm³/mol. The van der Waals surface area contributed by atoms with Gasteiger partial charge >= 0.3 is 0 Å². The van der Waals surface area contributed by atoms with E-state index in [-0.39, 0.29) is 5.91 Å². The first-order chi connectivity index (χ1) is 7.13. The van der Waals surface area contributed by atoms with E-state index >= 15 is 0 Å². The van der Waals surface area contributed by atoms with Crippen molar-refractivity contribution in [1.82, 2.24) is 10.3 Å². The number of rotatable bonds is 4. The summed E-state index contributed by atoms with van der Waals surface area (Å²) in [6.07, 6.45) is 5.70. The summed E-state index contributed by atoms with van der Waals surface area (Å²) in [6, 6.07) is 0.652. The van der Waals surface area contributed by atoms with Crippen LogP contribution in [-0.2, 0) is 4.79 Å². The summed E-state index contributed by atoms with van der Waals surface area (Å²) in [6.45, 7) is 3.12. The fourth-order valence-corrected chi connectivity index (χ4v) is 2.34. The Morgan fingerprint density at radius 3 is 2.87 bits per heavy atom. The second-order valence-electron chi connectivity index (χ2n) is 4.72. The summed E-state index contributed by atoms with van der Waals surface area (Å²) < 4.78 is 0. The molecule has 1 rings (SSSR count). The van der Waals surface area contributed by atoms with Crippen molar-refractivity contribution in [3.63, 3.8) is 0 Å². The van der Waals surface area contributed by atoms with Crippen LogP contribution in [0.1, 0.15) is 39.0 Å². The molecule has 0 spiro atoms. The van der Waals surface area contributed by atoms with Crippen LogP contribution >= 0.6 is 0 Å². The Kier molecular flexibility index (Phi) is 5.05. The van der Waals surface area contributed by atoms with Crippen LogP contribution in [0.2, 0.25) is 0 Å². The Labute approximate surface area is 92.2 Å². The maximum atomic E-state index is 11.0. The van der Waals surface area contributed by atoms with Gasteiger partial charge in [-0.15, -0.1) is 0 Å². The van der Waals surface area contributed by atoms with Crippen molar-refractivity contribution in [1.29, 1.82) is 0 Å². The van der Waals surface area contributed by atoms with Crippen LogP contribution in [-0.4, -0.2) is 30.4 Å². The minimum absolute atomic E-state index is 0.0780. The first-order valence-electron chi connectivity index (χ1n) is 5.83. The number of amides is 1. The van der Waals surface area contributed by atoms with E-state index < -0.39 is 0 Å². The number of hydrogen-bond acceptors (Lipinski definition) is 3. The maximum absolute atomic E-state index is 11.0. The first-order valence-corrected chi connectivity index (χ1v) is 5.83. The van der Waals surface area contributed by atoms with Gasteiger partial charge in [0.25, 0.3) is 0 Å². The van der Waals surface area contributed by atoms with Crippen molar-refractivity contribution >= 4 is 5.91 Å². The molecule has 4 nitrogen and oxygen atoms in total. The molecule has 0 heterocycles. The Morgan fingerprint density at radius 1 is 1.53 bits per heavy atom. The van der Waals surface area contributed by atoms with Crippen LogP contribution in [0.3, 0.4) is 0 Å². The van der Waals surface area contributed by atoms with Gasteiger partial charge in [-0.3, -0.25) is 10.2 Å². The van der Waals surface area contributed by atoms with Crippen molar-refractivity contribution in [3.8, 4) is 0 Å². The van der Waals surface area contributed by atoms with Crippen molar-refractivity contribution in [2.75, 3.05) is 13.6 Å². The number of hydrogen-bond donors (Lipinski definition) is 2. The number of carbonyl (C=O) groups is 1. The molecule has 0 aromatic carbocycles. The fourth-order valence-electron chi connectivity index (χ4n) is 2.34. The van der Waals surface area contributed by atoms with Gasteiger partial charge in [0.15, 0.2) is 0 Å². The van der Waals surface area contributed by atoms with Gasteiger partial charge in [0.2, 0.25) is 5.91 Å². The molecule has 0 aromatic rings.